The van der Waals surface area contributed by atoms with Crippen LogP contribution in [0.2, 0.25) is 0 Å². The lowest BCUT2D eigenvalue weighted by Crippen LogP contribution is -2.23. The molecule has 0 saturated carbocycles. The number of carboxylic acid groups (broad SMARTS) is 1. The Labute approximate surface area is 248 Å². The van der Waals surface area contributed by atoms with E-state index in [2.05, 4.69) is 10.6 Å². The minimum Gasteiger partial charge on any atom is -0.493 e. The Hall–Kier alpha value is -5.37. The Morgan fingerprint density at radius 2 is 1.50 bits per heavy atom. The van der Waals surface area contributed by atoms with Crippen molar-refractivity contribution >= 4 is 40.1 Å². The zero-order valence-electron chi connectivity index (χ0n) is 23.7. The number of methoxy groups -OCH3 is 2. The number of ether oxygens (including phenoxy) is 2. The standard InChI is InChI=1S/C28H27N3O6.C2HF3O2/c1-16-4-9-23-20(12-16)26(32)21(15-37-23)28(34)31-22-14-25(36-3)24(35-2)13-19(22)27(33)30-18-7-5-17(6-8-18)10-11-29;3-2(4,5)1(6)7/h4-9,12-15H,10-11,29H2,1-3H3,(H,30,33)(H,31,34);(H,6,7). The van der Waals surface area contributed by atoms with E-state index in [-0.39, 0.29) is 22.2 Å². The molecule has 0 radical (unpaired) electrons. The maximum Gasteiger partial charge on any atom is 0.490 e. The third kappa shape index (κ3) is 8.13. The molecule has 14 heteroatoms. The minimum atomic E-state index is -5.08. The second-order valence-corrected chi connectivity index (χ2v) is 9.18. The highest BCUT2D eigenvalue weighted by Crippen LogP contribution is 2.34. The van der Waals surface area contributed by atoms with Crippen molar-refractivity contribution in [3.05, 3.63) is 93.3 Å². The molecule has 5 N–H and O–H groups in total. The lowest BCUT2D eigenvalue weighted by Gasteiger charge is -2.16. The number of nitrogens with one attached hydrogen (secondary N) is 2. The summed E-state index contributed by atoms with van der Waals surface area (Å²) in [5.41, 5.74) is 7.98. The summed E-state index contributed by atoms with van der Waals surface area (Å²) < 4.78 is 47.9. The van der Waals surface area contributed by atoms with Crippen LogP contribution in [0.4, 0.5) is 24.5 Å². The van der Waals surface area contributed by atoms with E-state index < -0.39 is 29.4 Å². The van der Waals surface area contributed by atoms with Crippen molar-refractivity contribution in [1.82, 2.24) is 0 Å². The van der Waals surface area contributed by atoms with Gasteiger partial charge in [-0.05, 0) is 55.8 Å². The van der Waals surface area contributed by atoms with Gasteiger partial charge < -0.3 is 35.4 Å². The van der Waals surface area contributed by atoms with E-state index in [1.807, 2.05) is 25.1 Å². The number of carbonyl (C=O) groups is 3. The van der Waals surface area contributed by atoms with E-state index in [0.717, 1.165) is 23.8 Å². The molecule has 4 rings (SSSR count). The molecular formula is C30H28F3N3O8. The maximum atomic E-state index is 13.3. The first-order valence-corrected chi connectivity index (χ1v) is 12.8. The molecule has 11 nitrogen and oxygen atoms in total. The Morgan fingerprint density at radius 3 is 2.07 bits per heavy atom. The van der Waals surface area contributed by atoms with E-state index in [1.165, 1.54) is 26.4 Å². The van der Waals surface area contributed by atoms with E-state index >= 15 is 0 Å². The molecule has 0 fully saturated rings. The SMILES string of the molecule is COc1cc(NC(=O)c2coc3ccc(C)cc3c2=O)c(C(=O)Nc2ccc(CCN)cc2)cc1OC.O=C(O)C(F)(F)F. The van der Waals surface area contributed by atoms with Gasteiger partial charge in [0.1, 0.15) is 17.4 Å². The normalized spacial score (nSPS) is 10.8. The van der Waals surface area contributed by atoms with Gasteiger partial charge in [-0.25, -0.2) is 4.79 Å². The van der Waals surface area contributed by atoms with Gasteiger partial charge >= 0.3 is 12.1 Å². The van der Waals surface area contributed by atoms with Crippen molar-refractivity contribution in [1.29, 1.82) is 0 Å². The van der Waals surface area contributed by atoms with Gasteiger partial charge in [0.2, 0.25) is 5.43 Å². The van der Waals surface area contributed by atoms with Crippen molar-refractivity contribution in [3.8, 4) is 11.5 Å². The van der Waals surface area contributed by atoms with E-state index in [9.17, 15) is 27.6 Å². The monoisotopic (exact) mass is 615 g/mol. The van der Waals surface area contributed by atoms with Crippen molar-refractivity contribution in [2.24, 2.45) is 5.73 Å². The second kappa shape index (κ2) is 14.2. The summed E-state index contributed by atoms with van der Waals surface area (Å²) in [5.74, 6) is -3.40. The molecule has 3 aromatic carbocycles. The second-order valence-electron chi connectivity index (χ2n) is 9.18. The summed E-state index contributed by atoms with van der Waals surface area (Å²) in [6.45, 7) is 2.36. The zero-order chi connectivity index (χ0) is 32.6. The topological polar surface area (TPSA) is 170 Å². The number of rotatable bonds is 8. The molecule has 0 aliphatic rings. The fourth-order valence-corrected chi connectivity index (χ4v) is 3.88. The smallest absolute Gasteiger partial charge is 0.490 e. The first-order valence-electron chi connectivity index (χ1n) is 12.8. The number of nitrogens with two attached hydrogens (primary N) is 1. The van der Waals surface area contributed by atoms with Gasteiger partial charge in [0, 0.05) is 11.8 Å². The van der Waals surface area contributed by atoms with Crippen molar-refractivity contribution in [3.63, 3.8) is 0 Å². The summed E-state index contributed by atoms with van der Waals surface area (Å²) in [4.78, 5) is 48.3. The molecule has 232 valence electrons. The van der Waals surface area contributed by atoms with Crippen LogP contribution >= 0.6 is 0 Å². The van der Waals surface area contributed by atoms with Crippen molar-refractivity contribution in [2.45, 2.75) is 19.5 Å². The number of hydrogen-bond acceptors (Lipinski definition) is 8. The fourth-order valence-electron chi connectivity index (χ4n) is 3.88. The van der Waals surface area contributed by atoms with Gasteiger partial charge in [-0.15, -0.1) is 0 Å². The number of amides is 2. The predicted molar refractivity (Wildman–Crippen MR) is 156 cm³/mol. The van der Waals surface area contributed by atoms with Crippen LogP contribution in [0, 0.1) is 6.92 Å². The highest BCUT2D eigenvalue weighted by Gasteiger charge is 2.38. The molecule has 0 aliphatic carbocycles. The molecule has 0 atom stereocenters. The van der Waals surface area contributed by atoms with Gasteiger partial charge in [-0.2, -0.15) is 13.2 Å². The molecular weight excluding hydrogens is 587 g/mol. The maximum absolute atomic E-state index is 13.3. The summed E-state index contributed by atoms with van der Waals surface area (Å²) in [7, 11) is 2.88. The minimum absolute atomic E-state index is 0.109. The summed E-state index contributed by atoms with van der Waals surface area (Å²) in [6.07, 6.45) is -3.25. The predicted octanol–water partition coefficient (Wildman–Crippen LogP) is 4.76. The van der Waals surface area contributed by atoms with Gasteiger partial charge in [-0.3, -0.25) is 14.4 Å². The van der Waals surface area contributed by atoms with Crippen LogP contribution in [0.5, 0.6) is 11.5 Å². The summed E-state index contributed by atoms with van der Waals surface area (Å²) in [5, 5.41) is 12.9. The first kappa shape index (κ1) is 33.1. The Bertz CT molecular complexity index is 1740. The Morgan fingerprint density at radius 1 is 0.909 bits per heavy atom. The number of hydrogen-bond donors (Lipinski definition) is 4. The Kier molecular flexibility index (Phi) is 10.7. The molecule has 0 spiro atoms. The van der Waals surface area contributed by atoms with E-state index in [1.54, 1.807) is 24.3 Å². The molecule has 4 aromatic rings. The van der Waals surface area contributed by atoms with Crippen LogP contribution in [0.25, 0.3) is 11.0 Å². The number of halogens is 3. The molecule has 2 amide bonds. The molecule has 0 unspecified atom stereocenters. The average Bonchev–Trinajstić information content (AvgIpc) is 2.98. The van der Waals surface area contributed by atoms with Crippen LogP contribution in [-0.2, 0) is 11.2 Å². The highest BCUT2D eigenvalue weighted by atomic mass is 19.4. The van der Waals surface area contributed by atoms with E-state index in [0.29, 0.717) is 29.3 Å². The number of benzene rings is 3. The third-order valence-corrected chi connectivity index (χ3v) is 6.08. The zero-order valence-corrected chi connectivity index (χ0v) is 23.7. The molecule has 0 bridgehead atoms. The van der Waals surface area contributed by atoms with E-state index in [4.69, 9.17) is 29.5 Å². The largest absolute Gasteiger partial charge is 0.493 e. The molecule has 1 heterocycles. The molecule has 0 saturated heterocycles. The lowest BCUT2D eigenvalue weighted by molar-refractivity contribution is -0.192. The first-order chi connectivity index (χ1) is 20.8. The third-order valence-electron chi connectivity index (χ3n) is 6.08. The number of aryl methyl sites for hydroxylation is 1. The highest BCUT2D eigenvalue weighted by molar-refractivity contribution is 6.13. The fraction of sp³-hybridized carbons (Fsp3) is 0.200. The molecule has 44 heavy (non-hydrogen) atoms. The number of aliphatic carboxylic acids is 1. The summed E-state index contributed by atoms with van der Waals surface area (Å²) in [6, 6.07) is 15.3. The Balaban J connectivity index is 0.000000676. The number of fused-ring (bicyclic) bond motifs is 1. The molecule has 0 aliphatic heterocycles. The number of alkyl halides is 3. The van der Waals surface area contributed by atoms with Crippen LogP contribution in [0.1, 0.15) is 31.8 Å². The summed E-state index contributed by atoms with van der Waals surface area (Å²) >= 11 is 0. The number of carbonyl (C=O) groups excluding carboxylic acids is 2. The number of anilines is 2. The van der Waals surface area contributed by atoms with Gasteiger partial charge in [0.05, 0.1) is 30.9 Å². The van der Waals surface area contributed by atoms with Gasteiger partial charge in [0.25, 0.3) is 11.8 Å². The lowest BCUT2D eigenvalue weighted by atomic mass is 10.1. The quantitative estimate of drug-likeness (QED) is 0.218. The molecule has 1 aromatic heterocycles. The van der Waals surface area contributed by atoms with Crippen LogP contribution < -0.4 is 31.3 Å². The van der Waals surface area contributed by atoms with Crippen LogP contribution in [0.15, 0.2) is 70.1 Å². The van der Waals surface area contributed by atoms with Crippen molar-refractivity contribution < 1.29 is 46.6 Å². The van der Waals surface area contributed by atoms with Gasteiger partial charge in [0.15, 0.2) is 11.5 Å². The van der Waals surface area contributed by atoms with Crippen molar-refractivity contribution in [2.75, 3.05) is 31.4 Å². The average molecular weight is 616 g/mol. The number of carboxylic acids is 1. The van der Waals surface area contributed by atoms with Gasteiger partial charge in [-0.1, -0.05) is 23.8 Å². The van der Waals surface area contributed by atoms with Crippen LogP contribution in [0.3, 0.4) is 0 Å². The van der Waals surface area contributed by atoms with Crippen LogP contribution in [-0.4, -0.2) is 49.8 Å².